The second-order valence-corrected chi connectivity index (χ2v) is 4.18. The van der Waals surface area contributed by atoms with Gasteiger partial charge in [0, 0.05) is 12.3 Å². The molecule has 0 amide bonds. The van der Waals surface area contributed by atoms with Crippen LogP contribution in [-0.2, 0) is 6.42 Å². The molecule has 1 atom stereocenters. The van der Waals surface area contributed by atoms with Crippen LogP contribution in [0.1, 0.15) is 36.0 Å². The van der Waals surface area contributed by atoms with E-state index in [2.05, 4.69) is 22.0 Å². The molecule has 84 valence electrons. The molecule has 4 heteroatoms. The highest BCUT2D eigenvalue weighted by atomic mass is 16.2. The fourth-order valence-corrected chi connectivity index (χ4v) is 2.35. The highest BCUT2D eigenvalue weighted by molar-refractivity contribution is 5.25. The van der Waals surface area contributed by atoms with Crippen LogP contribution in [0.2, 0.25) is 0 Å². The average molecular weight is 209 g/mol. The first-order valence-electron chi connectivity index (χ1n) is 5.63. The van der Waals surface area contributed by atoms with Crippen LogP contribution in [0.25, 0.3) is 0 Å². The van der Waals surface area contributed by atoms with Crippen LogP contribution in [-0.4, -0.2) is 28.0 Å². The van der Waals surface area contributed by atoms with Crippen molar-refractivity contribution in [1.29, 1.82) is 0 Å². The summed E-state index contributed by atoms with van der Waals surface area (Å²) in [6.07, 6.45) is 3.44. The van der Waals surface area contributed by atoms with Gasteiger partial charge in [-0.1, -0.05) is 0 Å². The molecule has 0 spiro atoms. The number of hydrogen-bond acceptors (Lipinski definition) is 3. The lowest BCUT2D eigenvalue weighted by Crippen LogP contribution is -2.22. The van der Waals surface area contributed by atoms with Crippen molar-refractivity contribution >= 4 is 0 Å². The Morgan fingerprint density at radius 3 is 2.93 bits per heavy atom. The van der Waals surface area contributed by atoms with E-state index in [1.807, 2.05) is 6.92 Å². The molecule has 0 aliphatic carbocycles. The SMILES string of the molecule is Cc1nn(C2CCCN2)c(C)c1CCO. The zero-order valence-corrected chi connectivity index (χ0v) is 9.45. The van der Waals surface area contributed by atoms with Crippen molar-refractivity contribution < 1.29 is 5.11 Å². The maximum atomic E-state index is 8.99. The standard InChI is InChI=1S/C11H19N3O/c1-8-10(5-7-15)9(2)14(13-8)11-4-3-6-12-11/h11-12,15H,3-7H2,1-2H3. The third-order valence-corrected chi connectivity index (χ3v) is 3.17. The number of hydrogen-bond donors (Lipinski definition) is 2. The predicted octanol–water partition coefficient (Wildman–Crippen LogP) is 0.917. The number of aliphatic hydroxyl groups excluding tert-OH is 1. The summed E-state index contributed by atoms with van der Waals surface area (Å²) in [6.45, 7) is 5.39. The Hall–Kier alpha value is -0.870. The minimum absolute atomic E-state index is 0.200. The van der Waals surface area contributed by atoms with E-state index in [1.54, 1.807) is 0 Å². The van der Waals surface area contributed by atoms with Gasteiger partial charge in [0.15, 0.2) is 0 Å². The molecule has 0 aromatic carbocycles. The van der Waals surface area contributed by atoms with E-state index >= 15 is 0 Å². The minimum atomic E-state index is 0.200. The van der Waals surface area contributed by atoms with Crippen LogP contribution in [0.5, 0.6) is 0 Å². The number of nitrogens with zero attached hydrogens (tertiary/aromatic N) is 2. The fourth-order valence-electron chi connectivity index (χ4n) is 2.35. The number of aromatic nitrogens is 2. The topological polar surface area (TPSA) is 50.1 Å². The molecule has 1 unspecified atom stereocenters. The Balaban J connectivity index is 2.27. The Kier molecular flexibility index (Phi) is 3.07. The third-order valence-electron chi connectivity index (χ3n) is 3.17. The monoisotopic (exact) mass is 209 g/mol. The van der Waals surface area contributed by atoms with Gasteiger partial charge in [0.05, 0.1) is 5.69 Å². The Bertz CT molecular complexity index is 340. The van der Waals surface area contributed by atoms with Gasteiger partial charge in [-0.3, -0.25) is 10.00 Å². The summed E-state index contributed by atoms with van der Waals surface area (Å²) in [5, 5.41) is 17.0. The second-order valence-electron chi connectivity index (χ2n) is 4.18. The van der Waals surface area contributed by atoms with Gasteiger partial charge in [-0.2, -0.15) is 5.10 Å². The molecule has 1 aromatic rings. The summed E-state index contributed by atoms with van der Waals surface area (Å²) in [6, 6.07) is 0. The van der Waals surface area contributed by atoms with Crippen molar-refractivity contribution in [3.05, 3.63) is 17.0 Å². The smallest absolute Gasteiger partial charge is 0.102 e. The quantitative estimate of drug-likeness (QED) is 0.778. The predicted molar refractivity (Wildman–Crippen MR) is 58.8 cm³/mol. The van der Waals surface area contributed by atoms with Crippen LogP contribution in [0.4, 0.5) is 0 Å². The largest absolute Gasteiger partial charge is 0.396 e. The number of aliphatic hydroxyl groups is 1. The van der Waals surface area contributed by atoms with Crippen LogP contribution >= 0.6 is 0 Å². The molecule has 1 fully saturated rings. The normalized spacial score (nSPS) is 21.1. The van der Waals surface area contributed by atoms with Gasteiger partial charge < -0.3 is 5.11 Å². The molecule has 15 heavy (non-hydrogen) atoms. The lowest BCUT2D eigenvalue weighted by Gasteiger charge is -2.13. The van der Waals surface area contributed by atoms with Gasteiger partial charge in [0.2, 0.25) is 0 Å². The molecule has 2 N–H and O–H groups in total. The summed E-state index contributed by atoms with van der Waals surface area (Å²) in [5.41, 5.74) is 3.45. The van der Waals surface area contributed by atoms with Crippen LogP contribution in [0.15, 0.2) is 0 Å². The summed E-state index contributed by atoms with van der Waals surface area (Å²) >= 11 is 0. The molecule has 0 bridgehead atoms. The third kappa shape index (κ3) is 1.92. The summed E-state index contributed by atoms with van der Waals surface area (Å²) in [7, 11) is 0. The van der Waals surface area contributed by atoms with Crippen LogP contribution < -0.4 is 5.32 Å². The molecule has 2 heterocycles. The Labute approximate surface area is 90.3 Å². The molecule has 2 rings (SSSR count). The zero-order chi connectivity index (χ0) is 10.8. The molecule has 0 radical (unpaired) electrons. The average Bonchev–Trinajstić information content (AvgIpc) is 2.81. The summed E-state index contributed by atoms with van der Waals surface area (Å²) in [4.78, 5) is 0. The van der Waals surface area contributed by atoms with E-state index in [9.17, 15) is 0 Å². The zero-order valence-electron chi connectivity index (χ0n) is 9.45. The van der Waals surface area contributed by atoms with Gasteiger partial charge in [0.25, 0.3) is 0 Å². The van der Waals surface area contributed by atoms with Gasteiger partial charge in [-0.25, -0.2) is 0 Å². The van der Waals surface area contributed by atoms with E-state index in [1.165, 1.54) is 17.7 Å². The maximum absolute atomic E-state index is 8.99. The van der Waals surface area contributed by atoms with Gasteiger partial charge in [-0.15, -0.1) is 0 Å². The Morgan fingerprint density at radius 2 is 2.33 bits per heavy atom. The van der Waals surface area contributed by atoms with E-state index in [-0.39, 0.29) is 6.61 Å². The van der Waals surface area contributed by atoms with E-state index in [4.69, 9.17) is 5.11 Å². The molecule has 4 nitrogen and oxygen atoms in total. The lowest BCUT2D eigenvalue weighted by molar-refractivity contribution is 0.299. The van der Waals surface area contributed by atoms with Crippen molar-refractivity contribution in [3.8, 4) is 0 Å². The van der Waals surface area contributed by atoms with Crippen molar-refractivity contribution in [2.75, 3.05) is 13.2 Å². The fraction of sp³-hybridized carbons (Fsp3) is 0.727. The second kappa shape index (κ2) is 4.33. The van der Waals surface area contributed by atoms with E-state index < -0.39 is 0 Å². The minimum Gasteiger partial charge on any atom is -0.396 e. The lowest BCUT2D eigenvalue weighted by atomic mass is 10.1. The first kappa shape index (κ1) is 10.6. The highest BCUT2D eigenvalue weighted by Crippen LogP contribution is 2.22. The molecule has 0 saturated carbocycles. The Morgan fingerprint density at radius 1 is 1.53 bits per heavy atom. The first-order valence-corrected chi connectivity index (χ1v) is 5.63. The van der Waals surface area contributed by atoms with Crippen molar-refractivity contribution in [2.24, 2.45) is 0 Å². The number of aryl methyl sites for hydroxylation is 1. The first-order chi connectivity index (χ1) is 7.24. The van der Waals surface area contributed by atoms with E-state index in [0.29, 0.717) is 12.6 Å². The van der Waals surface area contributed by atoms with Gasteiger partial charge >= 0.3 is 0 Å². The molecule has 1 aromatic heterocycles. The van der Waals surface area contributed by atoms with Crippen LogP contribution in [0.3, 0.4) is 0 Å². The van der Waals surface area contributed by atoms with Crippen molar-refractivity contribution in [1.82, 2.24) is 15.1 Å². The summed E-state index contributed by atoms with van der Waals surface area (Å²) < 4.78 is 2.08. The van der Waals surface area contributed by atoms with Gasteiger partial charge in [-0.05, 0) is 45.2 Å². The van der Waals surface area contributed by atoms with Crippen LogP contribution in [0, 0.1) is 13.8 Å². The highest BCUT2D eigenvalue weighted by Gasteiger charge is 2.20. The molecule has 1 saturated heterocycles. The van der Waals surface area contributed by atoms with Crippen molar-refractivity contribution in [3.63, 3.8) is 0 Å². The molecule has 1 aliphatic rings. The molecule has 1 aliphatic heterocycles. The number of nitrogens with one attached hydrogen (secondary N) is 1. The van der Waals surface area contributed by atoms with E-state index in [0.717, 1.165) is 18.7 Å². The molecular formula is C11H19N3O. The summed E-state index contributed by atoms with van der Waals surface area (Å²) in [5.74, 6) is 0. The van der Waals surface area contributed by atoms with Gasteiger partial charge in [0.1, 0.15) is 6.17 Å². The molecular weight excluding hydrogens is 190 g/mol. The maximum Gasteiger partial charge on any atom is 0.102 e. The van der Waals surface area contributed by atoms with Crippen molar-refractivity contribution in [2.45, 2.75) is 39.3 Å². The number of rotatable bonds is 3.